The number of likely N-dealkylation sites (tertiary alicyclic amines) is 1. The Morgan fingerprint density at radius 2 is 2.29 bits per heavy atom. The highest BCUT2D eigenvalue weighted by Crippen LogP contribution is 2.34. The Morgan fingerprint density at radius 3 is 2.90 bits per heavy atom. The van der Waals surface area contributed by atoms with Gasteiger partial charge >= 0.3 is 0 Å². The molecule has 2 rings (SSSR count). The van der Waals surface area contributed by atoms with E-state index in [9.17, 15) is 4.79 Å². The third kappa shape index (κ3) is 3.62. The largest absolute Gasteiger partial charge is 0.384 e. The second-order valence-electron chi connectivity index (χ2n) is 6.48. The van der Waals surface area contributed by atoms with Crippen molar-refractivity contribution >= 4 is 5.91 Å². The van der Waals surface area contributed by atoms with E-state index in [0.29, 0.717) is 17.0 Å². The van der Waals surface area contributed by atoms with Gasteiger partial charge in [0.2, 0.25) is 0 Å². The lowest BCUT2D eigenvalue weighted by molar-refractivity contribution is 0.0776. The predicted octanol–water partition coefficient (Wildman–Crippen LogP) is 1.93. The topological polar surface area (TPSA) is 53.4 Å². The second-order valence-corrected chi connectivity index (χ2v) is 6.48. The fraction of sp³-hybridized carbons (Fsp3) is 0.529. The highest BCUT2D eigenvalue weighted by Gasteiger charge is 2.34. The molecule has 0 radical (unpaired) electrons. The van der Waals surface area contributed by atoms with Gasteiger partial charge in [-0.1, -0.05) is 32.6 Å². The van der Waals surface area contributed by atoms with Gasteiger partial charge in [-0.3, -0.25) is 9.78 Å². The maximum Gasteiger partial charge on any atom is 0.255 e. The lowest BCUT2D eigenvalue weighted by atomic mass is 9.80. The fourth-order valence-corrected chi connectivity index (χ4v) is 2.64. The summed E-state index contributed by atoms with van der Waals surface area (Å²) in [5.41, 5.74) is 1.36. The molecule has 0 aromatic carbocycles. The quantitative estimate of drug-likeness (QED) is 0.803. The summed E-state index contributed by atoms with van der Waals surface area (Å²) in [6.07, 6.45) is 4.22. The molecular weight excluding hydrogens is 264 g/mol. The van der Waals surface area contributed by atoms with Crippen LogP contribution in [0.5, 0.6) is 0 Å². The van der Waals surface area contributed by atoms with Crippen LogP contribution in [0.4, 0.5) is 0 Å². The first-order valence-electron chi connectivity index (χ1n) is 7.26. The maximum absolute atomic E-state index is 12.7. The van der Waals surface area contributed by atoms with Crippen molar-refractivity contribution in [2.75, 3.05) is 19.7 Å². The molecule has 1 saturated heterocycles. The van der Waals surface area contributed by atoms with Crippen molar-refractivity contribution < 1.29 is 9.90 Å². The van der Waals surface area contributed by atoms with Crippen molar-refractivity contribution in [3.8, 4) is 11.8 Å². The first-order chi connectivity index (χ1) is 9.93. The van der Waals surface area contributed by atoms with Gasteiger partial charge in [0.15, 0.2) is 0 Å². The number of aliphatic hydroxyl groups excluding tert-OH is 1. The summed E-state index contributed by atoms with van der Waals surface area (Å²) < 4.78 is 0. The first-order valence-corrected chi connectivity index (χ1v) is 7.26. The molecule has 2 heterocycles. The highest BCUT2D eigenvalue weighted by molar-refractivity contribution is 5.96. The molecule has 21 heavy (non-hydrogen) atoms. The number of aromatic nitrogens is 1. The molecule has 1 unspecified atom stereocenters. The van der Waals surface area contributed by atoms with Gasteiger partial charge in [-0.25, -0.2) is 0 Å². The zero-order chi connectivity index (χ0) is 15.5. The third-order valence-corrected chi connectivity index (χ3v) is 4.05. The number of hydrogen-bond acceptors (Lipinski definition) is 3. The Bertz CT molecular complexity index is 578. The van der Waals surface area contributed by atoms with Crippen molar-refractivity contribution in [1.82, 2.24) is 9.88 Å². The van der Waals surface area contributed by atoms with Crippen LogP contribution in [0.25, 0.3) is 0 Å². The zero-order valence-electron chi connectivity index (χ0n) is 12.9. The minimum atomic E-state index is -0.224. The average Bonchev–Trinajstić information content (AvgIpc) is 2.94. The first kappa shape index (κ1) is 15.5. The van der Waals surface area contributed by atoms with E-state index in [4.69, 9.17) is 5.11 Å². The summed E-state index contributed by atoms with van der Waals surface area (Å²) in [5, 5.41) is 8.80. The minimum Gasteiger partial charge on any atom is -0.384 e. The number of amides is 1. The number of carbonyl (C=O) groups excluding carboxylic acids is 1. The molecule has 1 aromatic rings. The van der Waals surface area contributed by atoms with E-state index < -0.39 is 0 Å². The highest BCUT2D eigenvalue weighted by atomic mass is 16.2. The van der Waals surface area contributed by atoms with Gasteiger partial charge in [-0.15, -0.1) is 0 Å². The molecule has 4 nitrogen and oxygen atoms in total. The van der Waals surface area contributed by atoms with Gasteiger partial charge in [0, 0.05) is 25.5 Å². The Kier molecular flexibility index (Phi) is 4.64. The monoisotopic (exact) mass is 286 g/mol. The molecule has 1 aliphatic heterocycles. The van der Waals surface area contributed by atoms with Gasteiger partial charge in [0.1, 0.15) is 6.61 Å². The van der Waals surface area contributed by atoms with Crippen LogP contribution in [0.15, 0.2) is 18.5 Å². The standard InChI is InChI=1S/C17H22N2O2/c1-17(2,3)14-7-9-19(12-14)16(21)15-6-8-18-11-13(15)5-4-10-20/h6,8,11,14,20H,7,9-10,12H2,1-3H3. The van der Waals surface area contributed by atoms with Gasteiger partial charge in [0.25, 0.3) is 5.91 Å². The molecule has 1 N–H and O–H groups in total. The summed E-state index contributed by atoms with van der Waals surface area (Å²) in [7, 11) is 0. The minimum absolute atomic E-state index is 0.00592. The number of pyridine rings is 1. The maximum atomic E-state index is 12.7. The summed E-state index contributed by atoms with van der Waals surface area (Å²) in [5.74, 6) is 5.91. The number of hydrogen-bond donors (Lipinski definition) is 1. The molecule has 1 amide bonds. The Labute approximate surface area is 126 Å². The van der Waals surface area contributed by atoms with Crippen LogP contribution < -0.4 is 0 Å². The number of rotatable bonds is 1. The van der Waals surface area contributed by atoms with Gasteiger partial charge < -0.3 is 10.0 Å². The van der Waals surface area contributed by atoms with Crippen molar-refractivity contribution in [3.05, 3.63) is 29.6 Å². The van der Waals surface area contributed by atoms with Crippen molar-refractivity contribution in [3.63, 3.8) is 0 Å². The number of carbonyl (C=O) groups is 1. The lowest BCUT2D eigenvalue weighted by Crippen LogP contribution is -2.31. The number of aliphatic hydroxyl groups is 1. The molecule has 1 aromatic heterocycles. The molecule has 1 atom stereocenters. The zero-order valence-corrected chi connectivity index (χ0v) is 12.9. The second kappa shape index (κ2) is 6.28. The molecule has 1 aliphatic rings. The predicted molar refractivity (Wildman–Crippen MR) is 81.7 cm³/mol. The molecule has 112 valence electrons. The van der Waals surface area contributed by atoms with Gasteiger partial charge in [-0.05, 0) is 23.8 Å². The van der Waals surface area contributed by atoms with Crippen LogP contribution in [-0.4, -0.2) is 40.6 Å². The smallest absolute Gasteiger partial charge is 0.255 e. The fourth-order valence-electron chi connectivity index (χ4n) is 2.64. The lowest BCUT2D eigenvalue weighted by Gasteiger charge is -2.27. The summed E-state index contributed by atoms with van der Waals surface area (Å²) in [6.45, 7) is 8.01. The Hall–Kier alpha value is -1.86. The van der Waals surface area contributed by atoms with Crippen LogP contribution in [-0.2, 0) is 0 Å². The van der Waals surface area contributed by atoms with E-state index in [1.807, 2.05) is 4.90 Å². The van der Waals surface area contributed by atoms with Crippen molar-refractivity contribution in [2.24, 2.45) is 11.3 Å². The summed E-state index contributed by atoms with van der Waals surface area (Å²) in [6, 6.07) is 1.70. The van der Waals surface area contributed by atoms with E-state index in [-0.39, 0.29) is 17.9 Å². The van der Waals surface area contributed by atoms with Gasteiger partial charge in [0.05, 0.1) is 11.1 Å². The van der Waals surface area contributed by atoms with Crippen LogP contribution >= 0.6 is 0 Å². The van der Waals surface area contributed by atoms with E-state index in [0.717, 1.165) is 19.5 Å². The third-order valence-electron chi connectivity index (χ3n) is 4.05. The molecule has 0 saturated carbocycles. The average molecular weight is 286 g/mol. The van der Waals surface area contributed by atoms with E-state index in [1.54, 1.807) is 18.5 Å². The van der Waals surface area contributed by atoms with Crippen LogP contribution in [0, 0.1) is 23.2 Å². The van der Waals surface area contributed by atoms with E-state index in [1.165, 1.54) is 0 Å². The summed E-state index contributed by atoms with van der Waals surface area (Å²) in [4.78, 5) is 18.6. The van der Waals surface area contributed by atoms with Gasteiger partial charge in [-0.2, -0.15) is 0 Å². The van der Waals surface area contributed by atoms with Crippen LogP contribution in [0.3, 0.4) is 0 Å². The molecule has 4 heteroatoms. The Balaban J connectivity index is 2.18. The molecule has 0 spiro atoms. The molecule has 1 fully saturated rings. The van der Waals surface area contributed by atoms with Crippen molar-refractivity contribution in [2.45, 2.75) is 27.2 Å². The van der Waals surface area contributed by atoms with E-state index >= 15 is 0 Å². The molecule has 0 bridgehead atoms. The molecule has 0 aliphatic carbocycles. The Morgan fingerprint density at radius 1 is 1.52 bits per heavy atom. The summed E-state index contributed by atoms with van der Waals surface area (Å²) >= 11 is 0. The van der Waals surface area contributed by atoms with Crippen LogP contribution in [0.2, 0.25) is 0 Å². The number of nitrogens with zero attached hydrogens (tertiary/aromatic N) is 2. The molecular formula is C17H22N2O2. The van der Waals surface area contributed by atoms with Crippen LogP contribution in [0.1, 0.15) is 43.1 Å². The van der Waals surface area contributed by atoms with Crippen molar-refractivity contribution in [1.29, 1.82) is 0 Å². The normalized spacial score (nSPS) is 18.3. The SMILES string of the molecule is CC(C)(C)C1CCN(C(=O)c2ccncc2C#CCO)C1. The van der Waals surface area contributed by atoms with E-state index in [2.05, 4.69) is 37.6 Å².